The third kappa shape index (κ3) is 7.07. The topological polar surface area (TPSA) is 93.2 Å². The number of benzene rings is 1. The molecule has 0 radical (unpaired) electrons. The van der Waals surface area contributed by atoms with Gasteiger partial charge in [0.05, 0.1) is 13.7 Å². The molecule has 0 spiro atoms. The van der Waals surface area contributed by atoms with E-state index in [0.29, 0.717) is 0 Å². The molecule has 1 aliphatic rings. The van der Waals surface area contributed by atoms with Crippen LogP contribution in [0.1, 0.15) is 37.6 Å². The standard InChI is InChI=1S/C21H29F3N2O6S/c1-5-32-19(27)12-25(13-21(22,23)24)20(28)16-6-7-17(31-4)18(9-16)33(29,30)26-10-14(2)8-15(3)11-26/h6-7,9,14-15H,5,8,10-13H2,1-4H3. The molecule has 8 nitrogen and oxygen atoms in total. The van der Waals surface area contributed by atoms with Crippen LogP contribution in [0.4, 0.5) is 13.2 Å². The van der Waals surface area contributed by atoms with Crippen molar-refractivity contribution < 1.29 is 40.7 Å². The minimum Gasteiger partial charge on any atom is -0.495 e. The summed E-state index contributed by atoms with van der Waals surface area (Å²) >= 11 is 0. The predicted octanol–water partition coefficient (Wildman–Crippen LogP) is 2.93. The number of alkyl halides is 3. The van der Waals surface area contributed by atoms with Gasteiger partial charge >= 0.3 is 12.1 Å². The molecule has 33 heavy (non-hydrogen) atoms. The SMILES string of the molecule is CCOC(=O)CN(CC(F)(F)F)C(=O)c1ccc(OC)c(S(=O)(=O)N2CC(C)CC(C)C2)c1. The van der Waals surface area contributed by atoms with Gasteiger partial charge in [-0.2, -0.15) is 17.5 Å². The van der Waals surface area contributed by atoms with Crippen molar-refractivity contribution in [1.82, 2.24) is 9.21 Å². The second-order valence-corrected chi connectivity index (χ2v) is 10.1. The van der Waals surface area contributed by atoms with Crippen molar-refractivity contribution in [3.05, 3.63) is 23.8 Å². The number of piperidine rings is 1. The Balaban J connectivity index is 2.45. The van der Waals surface area contributed by atoms with Gasteiger partial charge in [0, 0.05) is 18.7 Å². The van der Waals surface area contributed by atoms with Gasteiger partial charge in [0.25, 0.3) is 5.91 Å². The fourth-order valence-corrected chi connectivity index (χ4v) is 5.77. The van der Waals surface area contributed by atoms with E-state index in [1.165, 1.54) is 24.4 Å². The molecule has 0 aromatic heterocycles. The van der Waals surface area contributed by atoms with Crippen LogP contribution in [-0.2, 0) is 19.6 Å². The van der Waals surface area contributed by atoms with E-state index in [9.17, 15) is 31.2 Å². The second kappa shape index (κ2) is 10.7. The van der Waals surface area contributed by atoms with Crippen molar-refractivity contribution in [2.45, 2.75) is 38.3 Å². The molecule has 2 unspecified atom stereocenters. The van der Waals surface area contributed by atoms with E-state index in [0.717, 1.165) is 18.6 Å². The maximum absolute atomic E-state index is 13.4. The number of hydrogen-bond acceptors (Lipinski definition) is 6. The Labute approximate surface area is 191 Å². The molecule has 1 fully saturated rings. The Morgan fingerprint density at radius 1 is 1.18 bits per heavy atom. The number of carbonyl (C=O) groups excluding carboxylic acids is 2. The molecule has 186 valence electrons. The summed E-state index contributed by atoms with van der Waals surface area (Å²) in [6.07, 6.45) is -3.91. The van der Waals surface area contributed by atoms with Gasteiger partial charge in [0.2, 0.25) is 10.0 Å². The van der Waals surface area contributed by atoms with E-state index in [-0.39, 0.29) is 52.6 Å². The van der Waals surface area contributed by atoms with E-state index in [2.05, 4.69) is 4.74 Å². The van der Waals surface area contributed by atoms with E-state index >= 15 is 0 Å². The lowest BCUT2D eigenvalue weighted by Gasteiger charge is -2.34. The number of amides is 1. The van der Waals surface area contributed by atoms with E-state index in [4.69, 9.17) is 4.74 Å². The van der Waals surface area contributed by atoms with E-state index < -0.39 is 41.2 Å². The number of rotatable bonds is 8. The highest BCUT2D eigenvalue weighted by atomic mass is 32.2. The number of hydrogen-bond donors (Lipinski definition) is 0. The maximum Gasteiger partial charge on any atom is 0.406 e. The lowest BCUT2D eigenvalue weighted by Crippen LogP contribution is -2.43. The number of nitrogens with zero attached hydrogens (tertiary/aromatic N) is 2. The molecule has 0 saturated carbocycles. The van der Waals surface area contributed by atoms with Gasteiger partial charge in [-0.25, -0.2) is 8.42 Å². The molecule has 12 heteroatoms. The minimum absolute atomic E-state index is 0.0369. The first-order valence-corrected chi connectivity index (χ1v) is 11.9. The number of esters is 1. The Hall–Kier alpha value is -2.34. The van der Waals surface area contributed by atoms with Crippen molar-refractivity contribution in [3.8, 4) is 5.75 Å². The van der Waals surface area contributed by atoms with Crippen molar-refractivity contribution >= 4 is 21.9 Å². The number of carbonyl (C=O) groups is 2. The Bertz CT molecular complexity index is 957. The molecule has 1 aromatic rings. The van der Waals surface area contributed by atoms with Crippen LogP contribution in [0.5, 0.6) is 5.75 Å². The quantitative estimate of drug-likeness (QED) is 0.516. The summed E-state index contributed by atoms with van der Waals surface area (Å²) < 4.78 is 77.0. The van der Waals surface area contributed by atoms with Crippen LogP contribution >= 0.6 is 0 Å². The molecule has 1 heterocycles. The zero-order valence-electron chi connectivity index (χ0n) is 19.0. The highest BCUT2D eigenvalue weighted by Gasteiger charge is 2.37. The largest absolute Gasteiger partial charge is 0.495 e. The number of ether oxygens (including phenoxy) is 2. The molecule has 1 aliphatic heterocycles. The van der Waals surface area contributed by atoms with E-state index in [1.807, 2.05) is 13.8 Å². The van der Waals surface area contributed by atoms with Gasteiger partial charge in [0.15, 0.2) is 0 Å². The summed E-state index contributed by atoms with van der Waals surface area (Å²) in [4.78, 5) is 24.6. The molecule has 2 atom stereocenters. The molecule has 1 aromatic carbocycles. The van der Waals surface area contributed by atoms with Gasteiger partial charge in [-0.3, -0.25) is 9.59 Å². The molecule has 0 N–H and O–H groups in total. The normalized spacial score (nSPS) is 19.7. The first-order valence-electron chi connectivity index (χ1n) is 10.5. The Morgan fingerprint density at radius 3 is 2.30 bits per heavy atom. The molecular weight excluding hydrogens is 465 g/mol. The zero-order chi connectivity index (χ0) is 25.0. The summed E-state index contributed by atoms with van der Waals surface area (Å²) in [5, 5.41) is 0. The first kappa shape index (κ1) is 26.9. The van der Waals surface area contributed by atoms with Gasteiger partial charge < -0.3 is 14.4 Å². The van der Waals surface area contributed by atoms with Crippen LogP contribution < -0.4 is 4.74 Å². The molecular formula is C21H29F3N2O6S. The van der Waals surface area contributed by atoms with E-state index in [1.54, 1.807) is 0 Å². The number of sulfonamides is 1. The third-order valence-electron chi connectivity index (χ3n) is 5.15. The second-order valence-electron chi connectivity index (χ2n) is 8.22. The van der Waals surface area contributed by atoms with Gasteiger partial charge in [-0.15, -0.1) is 0 Å². The first-order chi connectivity index (χ1) is 15.3. The van der Waals surface area contributed by atoms with Crippen LogP contribution in [0.2, 0.25) is 0 Å². The average Bonchev–Trinajstić information content (AvgIpc) is 2.70. The molecule has 0 bridgehead atoms. The molecule has 1 amide bonds. The smallest absolute Gasteiger partial charge is 0.406 e. The summed E-state index contributed by atoms with van der Waals surface area (Å²) in [7, 11) is -2.84. The lowest BCUT2D eigenvalue weighted by molar-refractivity contribution is -0.153. The highest BCUT2D eigenvalue weighted by Crippen LogP contribution is 2.32. The average molecular weight is 495 g/mol. The summed E-state index contributed by atoms with van der Waals surface area (Å²) in [6.45, 7) is 3.20. The predicted molar refractivity (Wildman–Crippen MR) is 113 cm³/mol. The summed E-state index contributed by atoms with van der Waals surface area (Å²) in [5.74, 6) is -1.96. The Morgan fingerprint density at radius 2 is 1.79 bits per heavy atom. The van der Waals surface area contributed by atoms with Crippen LogP contribution in [0.25, 0.3) is 0 Å². The fourth-order valence-electron chi connectivity index (χ4n) is 3.91. The highest BCUT2D eigenvalue weighted by molar-refractivity contribution is 7.89. The van der Waals surface area contributed by atoms with Crippen molar-refractivity contribution in [1.29, 1.82) is 0 Å². The summed E-state index contributed by atoms with van der Waals surface area (Å²) in [5.41, 5.74) is -0.318. The number of halogens is 3. The third-order valence-corrected chi connectivity index (χ3v) is 7.00. The fraction of sp³-hybridized carbons (Fsp3) is 0.619. The van der Waals surface area contributed by atoms with Crippen molar-refractivity contribution in [2.24, 2.45) is 11.8 Å². The van der Waals surface area contributed by atoms with Crippen LogP contribution in [0, 0.1) is 11.8 Å². The Kier molecular flexibility index (Phi) is 8.75. The van der Waals surface area contributed by atoms with Crippen LogP contribution in [0.15, 0.2) is 23.1 Å². The van der Waals surface area contributed by atoms with Gasteiger partial charge in [-0.1, -0.05) is 13.8 Å². The zero-order valence-corrected chi connectivity index (χ0v) is 19.8. The van der Waals surface area contributed by atoms with Crippen LogP contribution in [0.3, 0.4) is 0 Å². The summed E-state index contributed by atoms with van der Waals surface area (Å²) in [6, 6.07) is 3.37. The number of methoxy groups -OCH3 is 1. The maximum atomic E-state index is 13.4. The molecule has 2 rings (SSSR count). The van der Waals surface area contributed by atoms with Gasteiger partial charge in [0.1, 0.15) is 23.7 Å². The molecule has 1 saturated heterocycles. The van der Waals surface area contributed by atoms with Gasteiger partial charge in [-0.05, 0) is 43.4 Å². The monoisotopic (exact) mass is 494 g/mol. The minimum atomic E-state index is -4.77. The molecule has 0 aliphatic carbocycles. The lowest BCUT2D eigenvalue weighted by atomic mass is 9.94. The van der Waals surface area contributed by atoms with Crippen molar-refractivity contribution in [3.63, 3.8) is 0 Å². The van der Waals surface area contributed by atoms with Crippen LogP contribution in [-0.4, -0.2) is 75.6 Å². The van der Waals surface area contributed by atoms with Crippen molar-refractivity contribution in [2.75, 3.05) is 39.9 Å².